The molecule has 2 aromatic rings. The van der Waals surface area contributed by atoms with E-state index in [2.05, 4.69) is 4.57 Å². The molecule has 0 atom stereocenters. The van der Waals surface area contributed by atoms with Crippen molar-refractivity contribution >= 4 is 11.9 Å². The number of aliphatic carboxylic acids is 1. The van der Waals surface area contributed by atoms with E-state index in [4.69, 9.17) is 5.11 Å². The Kier molecular flexibility index (Phi) is 5.21. The molecule has 0 saturated carbocycles. The van der Waals surface area contributed by atoms with Crippen molar-refractivity contribution in [3.05, 3.63) is 58.9 Å². The molecule has 0 aliphatic carbocycles. The van der Waals surface area contributed by atoms with Crippen molar-refractivity contribution in [2.24, 2.45) is 0 Å². The summed E-state index contributed by atoms with van der Waals surface area (Å²) < 4.78 is 2.05. The van der Waals surface area contributed by atoms with Crippen LogP contribution in [0, 0.1) is 13.8 Å². The predicted octanol–water partition coefficient (Wildman–Crippen LogP) is 2.85. The van der Waals surface area contributed by atoms with Crippen LogP contribution in [0.2, 0.25) is 0 Å². The van der Waals surface area contributed by atoms with Crippen LogP contribution in [0.4, 0.5) is 0 Å². The Bertz CT molecular complexity index is 705. The molecule has 2 rings (SSSR count). The number of carbonyl (C=O) groups is 2. The highest BCUT2D eigenvalue weighted by Gasteiger charge is 2.23. The van der Waals surface area contributed by atoms with E-state index in [-0.39, 0.29) is 19.0 Å². The number of carboxylic acids is 1. The number of aromatic nitrogens is 1. The average molecular weight is 314 g/mol. The van der Waals surface area contributed by atoms with E-state index in [1.165, 1.54) is 4.90 Å². The smallest absolute Gasteiger partial charge is 0.323 e. The maximum Gasteiger partial charge on any atom is 0.323 e. The Balaban J connectivity index is 2.31. The molecule has 23 heavy (non-hydrogen) atoms. The summed E-state index contributed by atoms with van der Waals surface area (Å²) in [6, 6.07) is 11.3. The second-order valence-corrected chi connectivity index (χ2v) is 5.57. The number of carbonyl (C=O) groups excluding carboxylic acids is 1. The number of aryl methyl sites for hydroxylation is 1. The standard InChI is InChI=1S/C18H22N2O3/c1-4-20-13(2)10-16(14(20)3)18(23)19(12-17(21)22)11-15-8-6-5-7-9-15/h5-10H,4,11-12H2,1-3H3,(H,21,22). The first kappa shape index (κ1) is 16.8. The Morgan fingerprint density at radius 3 is 2.35 bits per heavy atom. The molecule has 0 spiro atoms. The topological polar surface area (TPSA) is 62.5 Å². The number of rotatable bonds is 6. The van der Waals surface area contributed by atoms with Gasteiger partial charge in [0.15, 0.2) is 0 Å². The lowest BCUT2D eigenvalue weighted by Gasteiger charge is -2.21. The van der Waals surface area contributed by atoms with E-state index in [1.807, 2.05) is 57.2 Å². The van der Waals surface area contributed by atoms with E-state index in [0.717, 1.165) is 23.5 Å². The molecular weight excluding hydrogens is 292 g/mol. The SMILES string of the molecule is CCn1c(C)cc(C(=O)N(CC(=O)O)Cc2ccccc2)c1C. The Morgan fingerprint density at radius 2 is 1.83 bits per heavy atom. The molecule has 0 saturated heterocycles. The van der Waals surface area contributed by atoms with Crippen LogP contribution in [0.5, 0.6) is 0 Å². The van der Waals surface area contributed by atoms with E-state index < -0.39 is 5.97 Å². The van der Waals surface area contributed by atoms with Crippen molar-refractivity contribution in [2.45, 2.75) is 33.9 Å². The minimum Gasteiger partial charge on any atom is -0.480 e. The van der Waals surface area contributed by atoms with Gasteiger partial charge in [0.25, 0.3) is 5.91 Å². The van der Waals surface area contributed by atoms with Crippen molar-refractivity contribution < 1.29 is 14.7 Å². The van der Waals surface area contributed by atoms with Gasteiger partial charge in [0, 0.05) is 24.5 Å². The fraction of sp³-hybridized carbons (Fsp3) is 0.333. The van der Waals surface area contributed by atoms with Crippen LogP contribution in [0.15, 0.2) is 36.4 Å². The molecule has 122 valence electrons. The fourth-order valence-electron chi connectivity index (χ4n) is 2.84. The van der Waals surface area contributed by atoms with Crippen LogP contribution < -0.4 is 0 Å². The minimum absolute atomic E-state index is 0.246. The highest BCUT2D eigenvalue weighted by Crippen LogP contribution is 2.18. The minimum atomic E-state index is -1.02. The zero-order valence-electron chi connectivity index (χ0n) is 13.7. The Labute approximate surface area is 136 Å². The summed E-state index contributed by atoms with van der Waals surface area (Å²) in [5, 5.41) is 9.13. The van der Waals surface area contributed by atoms with Gasteiger partial charge in [-0.3, -0.25) is 9.59 Å². The van der Waals surface area contributed by atoms with E-state index in [1.54, 1.807) is 0 Å². The normalized spacial score (nSPS) is 10.6. The molecule has 0 aliphatic heterocycles. The summed E-state index contributed by atoms with van der Waals surface area (Å²) in [7, 11) is 0. The summed E-state index contributed by atoms with van der Waals surface area (Å²) in [5.41, 5.74) is 3.36. The van der Waals surface area contributed by atoms with E-state index >= 15 is 0 Å². The number of nitrogens with zero attached hydrogens (tertiary/aromatic N) is 2. The molecule has 1 aromatic heterocycles. The molecular formula is C18H22N2O3. The van der Waals surface area contributed by atoms with Crippen LogP contribution >= 0.6 is 0 Å². The van der Waals surface area contributed by atoms with Crippen molar-refractivity contribution in [1.82, 2.24) is 9.47 Å². The van der Waals surface area contributed by atoms with Gasteiger partial charge in [0.2, 0.25) is 0 Å². The Morgan fingerprint density at radius 1 is 1.17 bits per heavy atom. The first-order chi connectivity index (χ1) is 10.9. The molecule has 0 unspecified atom stereocenters. The van der Waals surface area contributed by atoms with Crippen molar-refractivity contribution in [3.8, 4) is 0 Å². The summed E-state index contributed by atoms with van der Waals surface area (Å²) in [4.78, 5) is 25.4. The van der Waals surface area contributed by atoms with Crippen molar-refractivity contribution in [3.63, 3.8) is 0 Å². The van der Waals surface area contributed by atoms with Crippen molar-refractivity contribution in [1.29, 1.82) is 0 Å². The molecule has 1 aromatic carbocycles. The summed E-state index contributed by atoms with van der Waals surface area (Å²) in [5.74, 6) is -1.26. The second kappa shape index (κ2) is 7.13. The summed E-state index contributed by atoms with van der Waals surface area (Å²) in [6.07, 6.45) is 0. The number of carboxylic acid groups (broad SMARTS) is 1. The van der Waals surface area contributed by atoms with E-state index in [0.29, 0.717) is 5.56 Å². The molecule has 0 aliphatic rings. The molecule has 0 radical (unpaired) electrons. The molecule has 5 nitrogen and oxygen atoms in total. The van der Waals surface area contributed by atoms with Crippen LogP contribution in [0.25, 0.3) is 0 Å². The van der Waals surface area contributed by atoms with E-state index in [9.17, 15) is 9.59 Å². The number of benzene rings is 1. The third-order valence-electron chi connectivity index (χ3n) is 3.95. The monoisotopic (exact) mass is 314 g/mol. The van der Waals surface area contributed by atoms with Crippen LogP contribution in [-0.4, -0.2) is 33.0 Å². The molecule has 0 bridgehead atoms. The lowest BCUT2D eigenvalue weighted by atomic mass is 10.1. The van der Waals surface area contributed by atoms with Crippen molar-refractivity contribution in [2.75, 3.05) is 6.54 Å². The largest absolute Gasteiger partial charge is 0.480 e. The van der Waals surface area contributed by atoms with Crippen LogP contribution in [0.1, 0.15) is 34.2 Å². The Hall–Kier alpha value is -2.56. The third-order valence-corrected chi connectivity index (χ3v) is 3.95. The number of amides is 1. The van der Waals surface area contributed by atoms with Gasteiger partial charge in [-0.1, -0.05) is 30.3 Å². The van der Waals surface area contributed by atoms with Gasteiger partial charge < -0.3 is 14.6 Å². The van der Waals surface area contributed by atoms with Crippen LogP contribution in [0.3, 0.4) is 0 Å². The second-order valence-electron chi connectivity index (χ2n) is 5.57. The van der Waals surface area contributed by atoms with Crippen LogP contribution in [-0.2, 0) is 17.9 Å². The summed E-state index contributed by atoms with van der Waals surface area (Å²) in [6.45, 7) is 6.61. The maximum atomic E-state index is 12.8. The number of hydrogen-bond donors (Lipinski definition) is 1. The summed E-state index contributed by atoms with van der Waals surface area (Å²) >= 11 is 0. The molecule has 1 N–H and O–H groups in total. The highest BCUT2D eigenvalue weighted by atomic mass is 16.4. The molecule has 0 fully saturated rings. The molecule has 1 amide bonds. The predicted molar refractivity (Wildman–Crippen MR) is 88.4 cm³/mol. The number of hydrogen-bond acceptors (Lipinski definition) is 2. The van der Waals surface area contributed by atoms with Gasteiger partial charge in [-0.25, -0.2) is 0 Å². The molecule has 5 heteroatoms. The first-order valence-electron chi connectivity index (χ1n) is 7.65. The zero-order chi connectivity index (χ0) is 17.0. The zero-order valence-corrected chi connectivity index (χ0v) is 13.7. The first-order valence-corrected chi connectivity index (χ1v) is 7.65. The fourth-order valence-corrected chi connectivity index (χ4v) is 2.84. The third kappa shape index (κ3) is 3.80. The van der Waals surface area contributed by atoms with Gasteiger partial charge in [-0.2, -0.15) is 0 Å². The van der Waals surface area contributed by atoms with Gasteiger partial charge in [0.05, 0.1) is 5.56 Å². The average Bonchev–Trinajstić information content (AvgIpc) is 2.80. The lowest BCUT2D eigenvalue weighted by molar-refractivity contribution is -0.137. The maximum absolute atomic E-state index is 12.8. The highest BCUT2D eigenvalue weighted by molar-refractivity contribution is 5.97. The quantitative estimate of drug-likeness (QED) is 0.892. The lowest BCUT2D eigenvalue weighted by Crippen LogP contribution is -2.35. The van der Waals surface area contributed by atoms with Gasteiger partial charge in [-0.05, 0) is 32.4 Å². The van der Waals surface area contributed by atoms with Gasteiger partial charge in [0.1, 0.15) is 6.54 Å². The van der Waals surface area contributed by atoms with Gasteiger partial charge >= 0.3 is 5.97 Å². The molecule has 1 heterocycles. The van der Waals surface area contributed by atoms with Gasteiger partial charge in [-0.15, -0.1) is 0 Å².